The van der Waals surface area contributed by atoms with Gasteiger partial charge in [-0.25, -0.2) is 9.48 Å². The first-order chi connectivity index (χ1) is 7.25. The van der Waals surface area contributed by atoms with E-state index >= 15 is 0 Å². The smallest absolute Gasteiger partial charge is 0.373 e. The number of carbonyl (C=O) groups is 1. The lowest BCUT2D eigenvalue weighted by Crippen LogP contribution is -2.44. The lowest BCUT2D eigenvalue weighted by Gasteiger charge is -2.21. The fourth-order valence-electron chi connectivity index (χ4n) is 1.28. The molecule has 0 N–H and O–H groups in total. The van der Waals surface area contributed by atoms with Crippen molar-refractivity contribution in [3.05, 3.63) is 0 Å². The highest BCUT2D eigenvalue weighted by atomic mass is 16.6. The topological polar surface area (TPSA) is 54.1 Å². The summed E-state index contributed by atoms with van der Waals surface area (Å²) in [6.45, 7) is 2.89. The van der Waals surface area contributed by atoms with E-state index in [1.165, 1.54) is 0 Å². The van der Waals surface area contributed by atoms with Crippen LogP contribution in [0.15, 0.2) is 5.16 Å². The number of carbonyl (C=O) groups excluding carboxylic acids is 1. The highest BCUT2D eigenvalue weighted by Crippen LogP contribution is 1.99. The Morgan fingerprint density at radius 3 is 2.67 bits per heavy atom. The second kappa shape index (κ2) is 6.13. The third-order valence-electron chi connectivity index (χ3n) is 1.92. The van der Waals surface area contributed by atoms with Gasteiger partial charge in [-0.3, -0.25) is 9.63 Å². The molecular weight excluding hydrogens is 198 g/mol. The molecule has 0 atom stereocenters. The number of hydrogen-bond acceptors (Lipinski definition) is 4. The van der Waals surface area contributed by atoms with Gasteiger partial charge in [-0.05, 0) is 0 Å². The molecule has 1 aliphatic rings. The summed E-state index contributed by atoms with van der Waals surface area (Å²) in [5.74, 6) is 0. The van der Waals surface area contributed by atoms with Gasteiger partial charge in [0.05, 0.1) is 27.3 Å². The van der Waals surface area contributed by atoms with E-state index in [2.05, 4.69) is 5.16 Å². The van der Waals surface area contributed by atoms with Crippen molar-refractivity contribution in [3.63, 3.8) is 0 Å². The summed E-state index contributed by atoms with van der Waals surface area (Å²) in [5, 5.41) is 3.53. The Balaban J connectivity index is 2.61. The van der Waals surface area contributed by atoms with Crippen molar-refractivity contribution in [2.75, 3.05) is 40.4 Å². The number of morpholine rings is 1. The minimum absolute atomic E-state index is 0.576. The van der Waals surface area contributed by atoms with E-state index in [0.29, 0.717) is 25.5 Å². The molecule has 0 aromatic rings. The average Bonchev–Trinajstić information content (AvgIpc) is 2.25. The maximum Gasteiger partial charge on any atom is 0.472 e. The number of oxime groups is 1. The van der Waals surface area contributed by atoms with Crippen LogP contribution in [0, 0.1) is 0 Å². The predicted molar refractivity (Wildman–Crippen MR) is 55.1 cm³/mol. The summed E-state index contributed by atoms with van der Waals surface area (Å²) in [6, 6.07) is 0.622. The van der Waals surface area contributed by atoms with Crippen LogP contribution in [0.3, 0.4) is 0 Å². The van der Waals surface area contributed by atoms with E-state index < -0.39 is 0 Å². The maximum absolute atomic E-state index is 10.0. The Kier molecular flexibility index (Phi) is 4.76. The molecule has 1 saturated heterocycles. The molecule has 0 aromatic carbocycles. The van der Waals surface area contributed by atoms with Crippen LogP contribution in [0.2, 0.25) is 0 Å². The van der Waals surface area contributed by atoms with Crippen molar-refractivity contribution in [1.82, 2.24) is 4.90 Å². The van der Waals surface area contributed by atoms with Gasteiger partial charge in [-0.15, -0.1) is 0 Å². The van der Waals surface area contributed by atoms with Crippen LogP contribution in [0.25, 0.3) is 0 Å². The van der Waals surface area contributed by atoms with Crippen LogP contribution >= 0.6 is 0 Å². The maximum atomic E-state index is 10.0. The minimum Gasteiger partial charge on any atom is -0.373 e. The summed E-state index contributed by atoms with van der Waals surface area (Å²) < 4.78 is 7.04. The number of ether oxygens (including phenoxy) is 1. The van der Waals surface area contributed by atoms with Gasteiger partial charge in [0.25, 0.3) is 0 Å². The van der Waals surface area contributed by atoms with Gasteiger partial charge in [0.15, 0.2) is 6.29 Å². The molecule has 1 rings (SSSR count). The first kappa shape index (κ1) is 11.6. The monoisotopic (exact) mass is 214 g/mol. The van der Waals surface area contributed by atoms with Gasteiger partial charge in [-0.1, -0.05) is 5.16 Å². The molecular formula is C9H16N3O3+. The van der Waals surface area contributed by atoms with Crippen molar-refractivity contribution in [1.29, 1.82) is 0 Å². The van der Waals surface area contributed by atoms with Crippen molar-refractivity contribution >= 4 is 18.5 Å². The molecule has 84 valence electrons. The normalized spacial score (nSPS) is 16.5. The molecule has 0 unspecified atom stereocenters. The molecule has 0 aliphatic carbocycles. The van der Waals surface area contributed by atoms with Crippen molar-refractivity contribution in [3.8, 4) is 0 Å². The zero-order valence-corrected chi connectivity index (χ0v) is 9.05. The van der Waals surface area contributed by atoms with Crippen LogP contribution in [0.4, 0.5) is 0 Å². The van der Waals surface area contributed by atoms with Crippen molar-refractivity contribution in [2.45, 2.75) is 0 Å². The lowest BCUT2D eigenvalue weighted by atomic mass is 10.4. The molecule has 15 heavy (non-hydrogen) atoms. The second-order valence-electron chi connectivity index (χ2n) is 3.26. The fourth-order valence-corrected chi connectivity index (χ4v) is 1.28. The van der Waals surface area contributed by atoms with E-state index in [1.807, 2.05) is 23.6 Å². The molecule has 0 spiro atoms. The van der Waals surface area contributed by atoms with E-state index in [1.54, 1.807) is 0 Å². The molecule has 0 bridgehead atoms. The average molecular weight is 214 g/mol. The third kappa shape index (κ3) is 3.67. The largest absolute Gasteiger partial charge is 0.472 e. The number of hydrogen-bond donors (Lipinski definition) is 0. The number of rotatable bonds is 2. The highest BCUT2D eigenvalue weighted by molar-refractivity contribution is 6.12. The Hall–Kier alpha value is -1.43. The molecule has 0 aromatic heterocycles. The van der Waals surface area contributed by atoms with Crippen molar-refractivity contribution < 1.29 is 18.9 Å². The highest BCUT2D eigenvalue weighted by Gasteiger charge is 2.25. The predicted octanol–water partition coefficient (Wildman–Crippen LogP) is -0.852. The van der Waals surface area contributed by atoms with E-state index in [9.17, 15) is 4.79 Å². The first-order valence-electron chi connectivity index (χ1n) is 4.77. The van der Waals surface area contributed by atoms with Crippen LogP contribution in [-0.2, 0) is 14.4 Å². The molecule has 1 heterocycles. The number of amidine groups is 1. The SMILES string of the molecule is C[N+](C)=C(ON=CC=O)N1CCOCC1. The zero-order valence-electron chi connectivity index (χ0n) is 9.05. The summed E-state index contributed by atoms with van der Waals surface area (Å²) in [4.78, 5) is 17.2. The van der Waals surface area contributed by atoms with Gasteiger partial charge in [0.2, 0.25) is 0 Å². The van der Waals surface area contributed by atoms with Gasteiger partial charge in [-0.2, -0.15) is 0 Å². The van der Waals surface area contributed by atoms with E-state index in [4.69, 9.17) is 9.57 Å². The zero-order chi connectivity index (χ0) is 11.1. The van der Waals surface area contributed by atoms with Gasteiger partial charge in [0, 0.05) is 0 Å². The molecule has 6 heteroatoms. The van der Waals surface area contributed by atoms with Crippen LogP contribution in [0.5, 0.6) is 0 Å². The van der Waals surface area contributed by atoms with Gasteiger partial charge >= 0.3 is 6.02 Å². The lowest BCUT2D eigenvalue weighted by molar-refractivity contribution is -0.481. The van der Waals surface area contributed by atoms with Crippen LogP contribution in [0.1, 0.15) is 0 Å². The minimum atomic E-state index is 0.576. The Labute approximate surface area is 88.8 Å². The summed E-state index contributed by atoms with van der Waals surface area (Å²) in [5.41, 5.74) is 0. The Morgan fingerprint density at radius 2 is 2.13 bits per heavy atom. The molecule has 0 amide bonds. The molecule has 0 saturated carbocycles. The fraction of sp³-hybridized carbons (Fsp3) is 0.667. The summed E-state index contributed by atoms with van der Waals surface area (Å²) in [6.07, 6.45) is 1.65. The molecule has 6 nitrogen and oxygen atoms in total. The van der Waals surface area contributed by atoms with Gasteiger partial charge < -0.3 is 4.74 Å². The number of aldehydes is 1. The summed E-state index contributed by atoms with van der Waals surface area (Å²) >= 11 is 0. The molecule has 1 fully saturated rings. The first-order valence-corrected chi connectivity index (χ1v) is 4.77. The summed E-state index contributed by atoms with van der Waals surface area (Å²) in [7, 11) is 3.72. The quantitative estimate of drug-likeness (QED) is 0.197. The Morgan fingerprint density at radius 1 is 1.47 bits per heavy atom. The molecule has 1 aliphatic heterocycles. The van der Waals surface area contributed by atoms with Crippen LogP contribution in [-0.4, -0.2) is 68.4 Å². The van der Waals surface area contributed by atoms with E-state index in [-0.39, 0.29) is 0 Å². The third-order valence-corrected chi connectivity index (χ3v) is 1.92. The molecule has 0 radical (unpaired) electrons. The van der Waals surface area contributed by atoms with E-state index in [0.717, 1.165) is 19.3 Å². The van der Waals surface area contributed by atoms with Crippen molar-refractivity contribution in [2.24, 2.45) is 5.16 Å². The standard InChI is InChI=1S/C9H16N3O3/c1-11(2)9(15-10-3-6-13)12-4-7-14-8-5-12/h3,6H,4-5,7-8H2,1-2H3/q+1. The van der Waals surface area contributed by atoms with Gasteiger partial charge in [0.1, 0.15) is 19.3 Å². The number of nitrogens with zero attached hydrogens (tertiary/aromatic N) is 3. The second-order valence-corrected chi connectivity index (χ2v) is 3.26. The van der Waals surface area contributed by atoms with Crippen LogP contribution < -0.4 is 0 Å². The Bertz CT molecular complexity index is 266.